The van der Waals surface area contributed by atoms with E-state index in [2.05, 4.69) is 67.3 Å². The molecule has 1 fully saturated rings. The first kappa shape index (κ1) is 16.7. The van der Waals surface area contributed by atoms with Gasteiger partial charge in [0.15, 0.2) is 0 Å². The molecule has 126 valence electrons. The lowest BCUT2D eigenvalue weighted by Crippen LogP contribution is -2.39. The summed E-state index contributed by atoms with van der Waals surface area (Å²) >= 11 is 0. The molecule has 0 radical (unpaired) electrons. The lowest BCUT2D eigenvalue weighted by molar-refractivity contribution is -0.117. The van der Waals surface area contributed by atoms with Crippen molar-refractivity contribution in [1.29, 1.82) is 0 Å². The molecule has 1 heterocycles. The van der Waals surface area contributed by atoms with Gasteiger partial charge in [0, 0.05) is 11.7 Å². The maximum absolute atomic E-state index is 12.5. The first-order chi connectivity index (χ1) is 11.5. The van der Waals surface area contributed by atoms with Crippen LogP contribution in [0.3, 0.4) is 0 Å². The van der Waals surface area contributed by atoms with Crippen molar-refractivity contribution in [3.8, 4) is 0 Å². The standard InChI is InChI=1S/C20H25N3O/c1-13(2)16-5-4-6-17(11-16)21-20(24)19-12-18(22-23-19)15-9-7-14(3)8-10-15/h4-11,13,18-19,22-23H,12H2,1-3H3,(H,21,24). The highest BCUT2D eigenvalue weighted by Crippen LogP contribution is 2.24. The van der Waals surface area contributed by atoms with Gasteiger partial charge in [-0.15, -0.1) is 0 Å². The van der Waals surface area contributed by atoms with Crippen molar-refractivity contribution in [3.63, 3.8) is 0 Å². The molecule has 2 aromatic carbocycles. The van der Waals surface area contributed by atoms with Crippen LogP contribution in [-0.4, -0.2) is 11.9 Å². The molecular weight excluding hydrogens is 298 g/mol. The molecule has 1 amide bonds. The van der Waals surface area contributed by atoms with Crippen molar-refractivity contribution < 1.29 is 4.79 Å². The first-order valence-electron chi connectivity index (χ1n) is 8.51. The Hall–Kier alpha value is -2.17. The molecule has 2 aromatic rings. The Morgan fingerprint density at radius 3 is 2.58 bits per heavy atom. The number of hydrogen-bond donors (Lipinski definition) is 3. The van der Waals surface area contributed by atoms with Crippen LogP contribution in [0.15, 0.2) is 48.5 Å². The predicted molar refractivity (Wildman–Crippen MR) is 97.8 cm³/mol. The molecule has 3 N–H and O–H groups in total. The van der Waals surface area contributed by atoms with Gasteiger partial charge < -0.3 is 5.32 Å². The number of aryl methyl sites for hydroxylation is 1. The Bertz CT molecular complexity index is 709. The van der Waals surface area contributed by atoms with Crippen molar-refractivity contribution in [1.82, 2.24) is 10.9 Å². The number of nitrogens with one attached hydrogen (secondary N) is 3. The number of carbonyl (C=O) groups is 1. The summed E-state index contributed by atoms with van der Waals surface area (Å²) in [6, 6.07) is 16.4. The Kier molecular flexibility index (Phi) is 4.97. The van der Waals surface area contributed by atoms with E-state index < -0.39 is 0 Å². The number of benzene rings is 2. The fourth-order valence-corrected chi connectivity index (χ4v) is 2.95. The lowest BCUT2D eigenvalue weighted by atomic mass is 10.0. The first-order valence-corrected chi connectivity index (χ1v) is 8.51. The monoisotopic (exact) mass is 323 g/mol. The van der Waals surface area contributed by atoms with Crippen LogP contribution in [0.4, 0.5) is 5.69 Å². The van der Waals surface area contributed by atoms with Gasteiger partial charge in [-0.2, -0.15) is 0 Å². The summed E-state index contributed by atoms with van der Waals surface area (Å²) in [4.78, 5) is 12.5. The van der Waals surface area contributed by atoms with Crippen LogP contribution in [0.2, 0.25) is 0 Å². The molecule has 1 aliphatic heterocycles. The third-order valence-electron chi connectivity index (χ3n) is 4.52. The smallest absolute Gasteiger partial charge is 0.242 e. The molecule has 0 saturated carbocycles. The van der Waals surface area contributed by atoms with Gasteiger partial charge in [0.05, 0.1) is 0 Å². The predicted octanol–water partition coefficient (Wildman–Crippen LogP) is 3.66. The Morgan fingerprint density at radius 1 is 1.12 bits per heavy atom. The summed E-state index contributed by atoms with van der Waals surface area (Å²) in [6.45, 7) is 6.37. The van der Waals surface area contributed by atoms with E-state index in [4.69, 9.17) is 0 Å². The van der Waals surface area contributed by atoms with Crippen LogP contribution in [0.5, 0.6) is 0 Å². The van der Waals surface area contributed by atoms with Crippen LogP contribution in [0.1, 0.15) is 48.9 Å². The van der Waals surface area contributed by atoms with Crippen molar-refractivity contribution >= 4 is 11.6 Å². The van der Waals surface area contributed by atoms with Gasteiger partial charge in [0.1, 0.15) is 6.04 Å². The number of hydrazine groups is 1. The highest BCUT2D eigenvalue weighted by molar-refractivity contribution is 5.95. The summed E-state index contributed by atoms with van der Waals surface area (Å²) in [7, 11) is 0. The summed E-state index contributed by atoms with van der Waals surface area (Å²) in [5.41, 5.74) is 10.9. The molecule has 0 aromatic heterocycles. The fraction of sp³-hybridized carbons (Fsp3) is 0.350. The molecular formula is C20H25N3O. The van der Waals surface area contributed by atoms with E-state index in [-0.39, 0.29) is 18.0 Å². The minimum Gasteiger partial charge on any atom is -0.325 e. The second kappa shape index (κ2) is 7.16. The van der Waals surface area contributed by atoms with E-state index in [0.717, 1.165) is 12.1 Å². The van der Waals surface area contributed by atoms with Gasteiger partial charge in [-0.05, 0) is 42.5 Å². The van der Waals surface area contributed by atoms with Crippen LogP contribution in [0, 0.1) is 6.92 Å². The van der Waals surface area contributed by atoms with Gasteiger partial charge in [-0.1, -0.05) is 55.8 Å². The van der Waals surface area contributed by atoms with Crippen molar-refractivity contribution in [2.24, 2.45) is 0 Å². The SMILES string of the molecule is Cc1ccc(C2CC(C(=O)Nc3cccc(C(C)C)c3)NN2)cc1. The van der Waals surface area contributed by atoms with E-state index in [9.17, 15) is 4.79 Å². The van der Waals surface area contributed by atoms with Crippen molar-refractivity contribution in [2.45, 2.75) is 45.2 Å². The zero-order valence-electron chi connectivity index (χ0n) is 14.5. The van der Waals surface area contributed by atoms with Gasteiger partial charge in [-0.25, -0.2) is 10.9 Å². The summed E-state index contributed by atoms with van der Waals surface area (Å²) in [5, 5.41) is 3.02. The largest absolute Gasteiger partial charge is 0.325 e. The second-order valence-electron chi connectivity index (χ2n) is 6.81. The average molecular weight is 323 g/mol. The van der Waals surface area contributed by atoms with Gasteiger partial charge in [0.25, 0.3) is 0 Å². The minimum atomic E-state index is -0.237. The Morgan fingerprint density at radius 2 is 1.88 bits per heavy atom. The topological polar surface area (TPSA) is 53.2 Å². The third-order valence-corrected chi connectivity index (χ3v) is 4.52. The van der Waals surface area contributed by atoms with Crippen LogP contribution >= 0.6 is 0 Å². The normalized spacial score (nSPS) is 20.3. The molecule has 4 nitrogen and oxygen atoms in total. The average Bonchev–Trinajstić information content (AvgIpc) is 3.06. The fourth-order valence-electron chi connectivity index (χ4n) is 2.95. The minimum absolute atomic E-state index is 0.00184. The summed E-state index contributed by atoms with van der Waals surface area (Å²) < 4.78 is 0. The second-order valence-corrected chi connectivity index (χ2v) is 6.81. The van der Waals surface area contributed by atoms with Crippen LogP contribution < -0.4 is 16.2 Å². The van der Waals surface area contributed by atoms with Crippen LogP contribution in [-0.2, 0) is 4.79 Å². The number of rotatable bonds is 4. The zero-order valence-corrected chi connectivity index (χ0v) is 14.5. The quantitative estimate of drug-likeness (QED) is 0.805. The summed E-state index contributed by atoms with van der Waals surface area (Å²) in [6.07, 6.45) is 0.735. The molecule has 1 aliphatic rings. The number of hydrogen-bond acceptors (Lipinski definition) is 3. The lowest BCUT2D eigenvalue weighted by Gasteiger charge is -2.13. The Balaban J connectivity index is 1.62. The third kappa shape index (κ3) is 3.83. The summed E-state index contributed by atoms with van der Waals surface area (Å²) in [5.74, 6) is 0.442. The maximum atomic E-state index is 12.5. The zero-order chi connectivity index (χ0) is 17.1. The number of amides is 1. The molecule has 24 heavy (non-hydrogen) atoms. The highest BCUT2D eigenvalue weighted by atomic mass is 16.2. The van der Waals surface area contributed by atoms with Crippen LogP contribution in [0.25, 0.3) is 0 Å². The molecule has 0 bridgehead atoms. The van der Waals surface area contributed by atoms with Crippen molar-refractivity contribution in [2.75, 3.05) is 5.32 Å². The molecule has 0 spiro atoms. The van der Waals surface area contributed by atoms with E-state index >= 15 is 0 Å². The maximum Gasteiger partial charge on any atom is 0.242 e. The molecule has 2 unspecified atom stereocenters. The van der Waals surface area contributed by atoms with Crippen molar-refractivity contribution in [3.05, 3.63) is 65.2 Å². The van der Waals surface area contributed by atoms with Gasteiger partial charge in [0.2, 0.25) is 5.91 Å². The highest BCUT2D eigenvalue weighted by Gasteiger charge is 2.30. The molecule has 3 rings (SSSR count). The van der Waals surface area contributed by atoms with E-state index in [0.29, 0.717) is 5.92 Å². The molecule has 4 heteroatoms. The number of carbonyl (C=O) groups excluding carboxylic acids is 1. The molecule has 2 atom stereocenters. The molecule has 0 aliphatic carbocycles. The van der Waals surface area contributed by atoms with E-state index in [1.165, 1.54) is 16.7 Å². The van der Waals surface area contributed by atoms with E-state index in [1.807, 2.05) is 18.2 Å². The van der Waals surface area contributed by atoms with Gasteiger partial charge >= 0.3 is 0 Å². The van der Waals surface area contributed by atoms with Gasteiger partial charge in [-0.3, -0.25) is 4.79 Å². The van der Waals surface area contributed by atoms with E-state index in [1.54, 1.807) is 0 Å². The number of anilines is 1. The molecule has 1 saturated heterocycles. The Labute approximate surface area is 143 Å².